The number of H-pyrrole nitrogens is 1. The predicted octanol–water partition coefficient (Wildman–Crippen LogP) is 2.79. The van der Waals surface area contributed by atoms with E-state index in [9.17, 15) is 9.90 Å². The van der Waals surface area contributed by atoms with Crippen molar-refractivity contribution in [2.45, 2.75) is 13.3 Å². The van der Waals surface area contributed by atoms with Crippen molar-refractivity contribution in [2.75, 3.05) is 5.43 Å². The summed E-state index contributed by atoms with van der Waals surface area (Å²) in [6.07, 6.45) is 2.08. The molecule has 0 atom stereocenters. The van der Waals surface area contributed by atoms with Gasteiger partial charge in [-0.15, -0.1) is 0 Å². The van der Waals surface area contributed by atoms with Crippen molar-refractivity contribution in [1.82, 2.24) is 9.97 Å². The van der Waals surface area contributed by atoms with Crippen LogP contribution in [0.3, 0.4) is 0 Å². The molecule has 1 aromatic heterocycles. The average molecular weight is 327 g/mol. The standard InChI is InChI=1S/C13H12Cl2N4O2/c1-2-8-5-11(20)18-13(17-8)19-16-6-7-3-9(14)12(21)10(15)4-7/h3-6,21H,2H2,1H3,(H2,17,18,19,20)/b16-6-. The summed E-state index contributed by atoms with van der Waals surface area (Å²) < 4.78 is 0. The minimum absolute atomic E-state index is 0.128. The summed E-state index contributed by atoms with van der Waals surface area (Å²) in [6, 6.07) is 4.44. The van der Waals surface area contributed by atoms with Crippen LogP contribution in [0.1, 0.15) is 18.2 Å². The molecule has 0 saturated carbocycles. The number of aromatic amines is 1. The van der Waals surface area contributed by atoms with Crippen molar-refractivity contribution >= 4 is 35.4 Å². The van der Waals surface area contributed by atoms with Gasteiger partial charge in [0.25, 0.3) is 5.56 Å². The number of anilines is 1. The van der Waals surface area contributed by atoms with Crippen molar-refractivity contribution in [2.24, 2.45) is 5.10 Å². The Morgan fingerprint density at radius 1 is 1.38 bits per heavy atom. The maximum Gasteiger partial charge on any atom is 0.252 e. The molecular formula is C13H12Cl2N4O2. The second-order valence-electron chi connectivity index (χ2n) is 4.14. The van der Waals surface area contributed by atoms with E-state index in [4.69, 9.17) is 23.2 Å². The Morgan fingerprint density at radius 3 is 2.67 bits per heavy atom. The van der Waals surface area contributed by atoms with Crippen LogP contribution >= 0.6 is 23.2 Å². The van der Waals surface area contributed by atoms with Gasteiger partial charge in [-0.25, -0.2) is 10.4 Å². The predicted molar refractivity (Wildman–Crippen MR) is 83.6 cm³/mol. The lowest BCUT2D eigenvalue weighted by Crippen LogP contribution is -2.11. The third-order valence-electron chi connectivity index (χ3n) is 2.58. The largest absolute Gasteiger partial charge is 0.505 e. The van der Waals surface area contributed by atoms with Crippen LogP contribution in [0.2, 0.25) is 10.0 Å². The molecule has 0 spiro atoms. The van der Waals surface area contributed by atoms with Gasteiger partial charge < -0.3 is 5.11 Å². The molecule has 2 aromatic rings. The van der Waals surface area contributed by atoms with E-state index < -0.39 is 0 Å². The lowest BCUT2D eigenvalue weighted by Gasteiger charge is -2.03. The number of benzene rings is 1. The van der Waals surface area contributed by atoms with Crippen LogP contribution in [-0.4, -0.2) is 21.3 Å². The third-order valence-corrected chi connectivity index (χ3v) is 3.16. The van der Waals surface area contributed by atoms with Gasteiger partial charge in [0.15, 0.2) is 5.75 Å². The molecule has 0 aliphatic heterocycles. The molecule has 6 nitrogen and oxygen atoms in total. The Balaban J connectivity index is 2.16. The van der Waals surface area contributed by atoms with Gasteiger partial charge in [-0.1, -0.05) is 30.1 Å². The van der Waals surface area contributed by atoms with E-state index in [1.165, 1.54) is 24.4 Å². The summed E-state index contributed by atoms with van der Waals surface area (Å²) in [7, 11) is 0. The van der Waals surface area contributed by atoms with Gasteiger partial charge >= 0.3 is 0 Å². The van der Waals surface area contributed by atoms with Crippen molar-refractivity contribution in [3.8, 4) is 5.75 Å². The quantitative estimate of drug-likeness (QED) is 0.595. The van der Waals surface area contributed by atoms with E-state index >= 15 is 0 Å². The Hall–Kier alpha value is -2.05. The molecule has 0 saturated heterocycles. The number of aromatic hydroxyl groups is 1. The van der Waals surface area contributed by atoms with Crippen LogP contribution in [0.15, 0.2) is 28.1 Å². The van der Waals surface area contributed by atoms with Gasteiger partial charge in [0.1, 0.15) is 0 Å². The Labute approximate surface area is 130 Å². The molecular weight excluding hydrogens is 315 g/mol. The lowest BCUT2D eigenvalue weighted by molar-refractivity contribution is 0.476. The second kappa shape index (κ2) is 6.60. The van der Waals surface area contributed by atoms with Gasteiger partial charge in [0.2, 0.25) is 5.95 Å². The van der Waals surface area contributed by atoms with Crippen molar-refractivity contribution in [3.05, 3.63) is 49.9 Å². The number of phenols is 1. The smallest absolute Gasteiger partial charge is 0.252 e. The minimum atomic E-state index is -0.254. The number of rotatable bonds is 4. The maximum absolute atomic E-state index is 11.4. The van der Waals surface area contributed by atoms with Crippen LogP contribution < -0.4 is 11.0 Å². The summed E-state index contributed by atoms with van der Waals surface area (Å²) >= 11 is 11.6. The van der Waals surface area contributed by atoms with Crippen LogP contribution in [0.25, 0.3) is 0 Å². The van der Waals surface area contributed by atoms with Gasteiger partial charge in [-0.3, -0.25) is 9.78 Å². The molecule has 1 heterocycles. The number of aromatic nitrogens is 2. The number of hydrogen-bond donors (Lipinski definition) is 3. The molecule has 2 rings (SSSR count). The number of aryl methyl sites for hydroxylation is 1. The zero-order chi connectivity index (χ0) is 15.4. The average Bonchev–Trinajstić information content (AvgIpc) is 2.44. The summed E-state index contributed by atoms with van der Waals surface area (Å²) in [5, 5.41) is 13.6. The van der Waals surface area contributed by atoms with Crippen LogP contribution in [0, 0.1) is 0 Å². The SMILES string of the molecule is CCc1cc(=O)[nH]c(N/N=C\c2cc(Cl)c(O)c(Cl)c2)n1. The van der Waals surface area contributed by atoms with Crippen LogP contribution in [0.5, 0.6) is 5.75 Å². The Bertz CT molecular complexity index is 720. The van der Waals surface area contributed by atoms with E-state index in [-0.39, 0.29) is 27.3 Å². The zero-order valence-corrected chi connectivity index (χ0v) is 12.5. The van der Waals surface area contributed by atoms with E-state index in [0.29, 0.717) is 17.7 Å². The first-order valence-electron chi connectivity index (χ1n) is 6.07. The zero-order valence-electron chi connectivity index (χ0n) is 11.0. The number of halogens is 2. The molecule has 0 unspecified atom stereocenters. The number of nitrogens with zero attached hydrogens (tertiary/aromatic N) is 2. The molecule has 0 aliphatic carbocycles. The highest BCUT2D eigenvalue weighted by Gasteiger charge is 2.05. The third kappa shape index (κ3) is 3.96. The van der Waals surface area contributed by atoms with Crippen LogP contribution in [0.4, 0.5) is 5.95 Å². The molecule has 1 aromatic carbocycles. The normalized spacial score (nSPS) is 11.0. The minimum Gasteiger partial charge on any atom is -0.505 e. The van der Waals surface area contributed by atoms with E-state index in [0.717, 1.165) is 0 Å². The van der Waals surface area contributed by atoms with Crippen LogP contribution in [-0.2, 0) is 6.42 Å². The number of hydrazone groups is 1. The highest BCUT2D eigenvalue weighted by atomic mass is 35.5. The second-order valence-corrected chi connectivity index (χ2v) is 4.96. The lowest BCUT2D eigenvalue weighted by atomic mass is 10.2. The fraction of sp³-hybridized carbons (Fsp3) is 0.154. The topological polar surface area (TPSA) is 90.4 Å². The Kier molecular flexibility index (Phi) is 4.82. The van der Waals surface area contributed by atoms with Crippen molar-refractivity contribution < 1.29 is 5.11 Å². The maximum atomic E-state index is 11.4. The van der Waals surface area contributed by atoms with E-state index in [1.54, 1.807) is 0 Å². The molecule has 21 heavy (non-hydrogen) atoms. The fourth-order valence-electron chi connectivity index (χ4n) is 1.57. The summed E-state index contributed by atoms with van der Waals surface area (Å²) in [5.74, 6) is 0.0664. The number of hydrogen-bond acceptors (Lipinski definition) is 5. The van der Waals surface area contributed by atoms with Gasteiger partial charge in [0.05, 0.1) is 16.3 Å². The molecule has 3 N–H and O–H groups in total. The van der Waals surface area contributed by atoms with Gasteiger partial charge in [0, 0.05) is 11.8 Å². The highest BCUT2D eigenvalue weighted by molar-refractivity contribution is 6.37. The first kappa shape index (κ1) is 15.3. The monoisotopic (exact) mass is 326 g/mol. The highest BCUT2D eigenvalue weighted by Crippen LogP contribution is 2.32. The molecule has 0 radical (unpaired) electrons. The summed E-state index contributed by atoms with van der Waals surface area (Å²) in [6.45, 7) is 1.90. The summed E-state index contributed by atoms with van der Waals surface area (Å²) in [4.78, 5) is 18.1. The van der Waals surface area contributed by atoms with Crippen molar-refractivity contribution in [3.63, 3.8) is 0 Å². The number of nitrogens with one attached hydrogen (secondary N) is 2. The molecule has 0 fully saturated rings. The molecule has 8 heteroatoms. The first-order chi connectivity index (χ1) is 9.99. The molecule has 0 aliphatic rings. The van der Waals surface area contributed by atoms with Crippen molar-refractivity contribution in [1.29, 1.82) is 0 Å². The molecule has 110 valence electrons. The Morgan fingerprint density at radius 2 is 2.05 bits per heavy atom. The molecule has 0 amide bonds. The van der Waals surface area contributed by atoms with Gasteiger partial charge in [-0.2, -0.15) is 5.10 Å². The fourth-order valence-corrected chi connectivity index (χ4v) is 2.07. The van der Waals surface area contributed by atoms with E-state index in [2.05, 4.69) is 20.5 Å². The first-order valence-corrected chi connectivity index (χ1v) is 6.82. The van der Waals surface area contributed by atoms with E-state index in [1.807, 2.05) is 6.92 Å². The molecule has 0 bridgehead atoms. The summed E-state index contributed by atoms with van der Waals surface area (Å²) in [5.41, 5.74) is 3.61. The number of phenolic OH excluding ortho intramolecular Hbond substituents is 1. The van der Waals surface area contributed by atoms with Gasteiger partial charge in [-0.05, 0) is 24.1 Å².